The van der Waals surface area contributed by atoms with Crippen LogP contribution < -0.4 is 10.6 Å². The summed E-state index contributed by atoms with van der Waals surface area (Å²) in [6.45, 7) is 5.96. The number of thioether (sulfide) groups is 1. The van der Waals surface area contributed by atoms with Crippen LogP contribution in [0, 0.1) is 0 Å². The van der Waals surface area contributed by atoms with Gasteiger partial charge in [-0.1, -0.05) is 107 Å². The van der Waals surface area contributed by atoms with E-state index in [0.717, 1.165) is 35.1 Å². The van der Waals surface area contributed by atoms with Gasteiger partial charge in [0, 0.05) is 18.6 Å². The first-order valence-electron chi connectivity index (χ1n) is 17.5. The van der Waals surface area contributed by atoms with Gasteiger partial charge in [-0.2, -0.15) is 0 Å². The lowest BCUT2D eigenvalue weighted by molar-refractivity contribution is -0.159. The fourth-order valence-corrected chi connectivity index (χ4v) is 9.20. The van der Waals surface area contributed by atoms with Gasteiger partial charge in [0.25, 0.3) is 11.8 Å². The van der Waals surface area contributed by atoms with E-state index >= 15 is 0 Å². The van der Waals surface area contributed by atoms with Gasteiger partial charge >= 0.3 is 5.97 Å². The number of thiazole rings is 1. The van der Waals surface area contributed by atoms with Crippen LogP contribution in [0.2, 0.25) is 0 Å². The van der Waals surface area contributed by atoms with E-state index in [2.05, 4.69) is 52.2 Å². The first-order valence-corrected chi connectivity index (χ1v) is 19.3. The second kappa shape index (κ2) is 15.2. The Morgan fingerprint density at radius 1 is 0.943 bits per heavy atom. The molecule has 2 saturated heterocycles. The fraction of sp³-hybridized carbons (Fsp3) is 0.325. The summed E-state index contributed by atoms with van der Waals surface area (Å²) in [7, 11) is 1.36. The van der Waals surface area contributed by atoms with Crippen molar-refractivity contribution in [2.24, 2.45) is 5.16 Å². The predicted molar refractivity (Wildman–Crippen MR) is 205 cm³/mol. The van der Waals surface area contributed by atoms with Gasteiger partial charge in [0.15, 0.2) is 10.8 Å². The highest BCUT2D eigenvalue weighted by molar-refractivity contribution is 8.00. The van der Waals surface area contributed by atoms with Crippen molar-refractivity contribution in [3.05, 3.63) is 130 Å². The van der Waals surface area contributed by atoms with Crippen LogP contribution in [0.4, 0.5) is 5.13 Å². The van der Waals surface area contributed by atoms with Gasteiger partial charge in [0.05, 0.1) is 11.0 Å². The Morgan fingerprint density at radius 2 is 1.55 bits per heavy atom. The maximum absolute atomic E-state index is 13.9. The molecule has 0 spiro atoms. The fourth-order valence-electron chi connectivity index (χ4n) is 6.94. The molecule has 0 saturated carbocycles. The lowest BCUT2D eigenvalue weighted by Gasteiger charge is -2.50. The van der Waals surface area contributed by atoms with E-state index < -0.39 is 40.3 Å². The molecule has 2 fully saturated rings. The Bertz CT molecular complexity index is 1930. The van der Waals surface area contributed by atoms with Gasteiger partial charge in [-0.15, -0.1) is 11.8 Å². The molecule has 2 N–H and O–H groups in total. The van der Waals surface area contributed by atoms with Crippen LogP contribution in [0.5, 0.6) is 0 Å². The number of rotatable bonds is 11. The van der Waals surface area contributed by atoms with Gasteiger partial charge in [-0.05, 0) is 55.9 Å². The molecular formula is C40H41N5O6S2. The number of esters is 1. The van der Waals surface area contributed by atoms with Gasteiger partial charge in [-0.3, -0.25) is 14.5 Å². The number of nitrogens with zero attached hydrogens (tertiary/aromatic N) is 3. The maximum Gasteiger partial charge on any atom is 0.355 e. The van der Waals surface area contributed by atoms with Gasteiger partial charge in [0.2, 0.25) is 0 Å². The third kappa shape index (κ3) is 7.20. The SMILES string of the molecule is CO/N=C(\C(=O)N[C@@H]1C(=O)N2C(C(=O)OC(C)(C)C)=C([C@@H]3CCCO3)CS[C@H]12)c1cnc(NC(c2ccccc2)(c2ccccc2)c2ccccc2)s1. The number of anilines is 1. The highest BCUT2D eigenvalue weighted by Crippen LogP contribution is 2.44. The van der Waals surface area contributed by atoms with Crippen molar-refractivity contribution in [3.63, 3.8) is 0 Å². The Hall–Kier alpha value is -4.98. The van der Waals surface area contributed by atoms with Crippen LogP contribution in [0.3, 0.4) is 0 Å². The summed E-state index contributed by atoms with van der Waals surface area (Å²) in [5.74, 6) is -1.12. The summed E-state index contributed by atoms with van der Waals surface area (Å²) in [5, 5.41) is 10.7. The Kier molecular flexibility index (Phi) is 10.4. The molecule has 0 aliphatic carbocycles. The van der Waals surface area contributed by atoms with E-state index in [0.29, 0.717) is 22.4 Å². The maximum atomic E-state index is 13.9. The number of carbonyl (C=O) groups excluding carboxylic acids is 3. The minimum atomic E-state index is -0.898. The number of nitrogens with one attached hydrogen (secondary N) is 2. The smallest absolute Gasteiger partial charge is 0.355 e. The van der Waals surface area contributed by atoms with E-state index in [4.69, 9.17) is 19.3 Å². The molecule has 0 bridgehead atoms. The molecule has 53 heavy (non-hydrogen) atoms. The number of β-lactam (4-membered cyclic amide) rings is 1. The van der Waals surface area contributed by atoms with Crippen molar-refractivity contribution in [2.45, 2.75) is 62.3 Å². The highest BCUT2D eigenvalue weighted by atomic mass is 32.2. The van der Waals surface area contributed by atoms with Crippen molar-refractivity contribution in [1.29, 1.82) is 0 Å². The first kappa shape index (κ1) is 36.4. The zero-order valence-electron chi connectivity index (χ0n) is 29.9. The predicted octanol–water partition coefficient (Wildman–Crippen LogP) is 6.07. The van der Waals surface area contributed by atoms with E-state index in [1.165, 1.54) is 35.1 Å². The number of aromatic nitrogens is 1. The summed E-state index contributed by atoms with van der Waals surface area (Å²) >= 11 is 2.72. The van der Waals surface area contributed by atoms with Gasteiger partial charge in [0.1, 0.15) is 35.4 Å². The molecule has 2 amide bonds. The van der Waals surface area contributed by atoms with E-state index in [-0.39, 0.29) is 17.5 Å². The van der Waals surface area contributed by atoms with Crippen LogP contribution in [-0.4, -0.2) is 76.0 Å². The molecule has 7 rings (SSSR count). The number of ether oxygens (including phenoxy) is 2. The second-order valence-electron chi connectivity index (χ2n) is 13.9. The third-order valence-electron chi connectivity index (χ3n) is 9.25. The number of benzene rings is 3. The third-order valence-corrected chi connectivity index (χ3v) is 11.5. The average Bonchev–Trinajstić information content (AvgIpc) is 3.88. The highest BCUT2D eigenvalue weighted by Gasteiger charge is 2.56. The van der Waals surface area contributed by atoms with Crippen molar-refractivity contribution in [1.82, 2.24) is 15.2 Å². The summed E-state index contributed by atoms with van der Waals surface area (Å²) in [6.07, 6.45) is 2.95. The summed E-state index contributed by atoms with van der Waals surface area (Å²) in [6, 6.07) is 29.5. The van der Waals surface area contributed by atoms with Crippen LogP contribution in [0.25, 0.3) is 0 Å². The normalized spacial score (nSPS) is 20.4. The Labute approximate surface area is 316 Å². The lowest BCUT2D eigenvalue weighted by Crippen LogP contribution is -2.71. The standard InChI is InChI=1S/C40H41N5O6S2/c1-39(2,3)51-37(48)33-28(29-21-14-22-50-29)24-52-36-32(35(47)45(33)36)42-34(46)31(44-49-4)30-23-41-38(53-30)43-40(25-15-8-5-9-16-25,26-17-10-6-11-18-26)27-19-12-7-13-20-27/h5-13,15-20,23,29,32,36H,14,21-22,24H2,1-4H3,(H,41,43)(H,42,46)/b44-31-/t29-,32+,36+/m0/s1. The summed E-state index contributed by atoms with van der Waals surface area (Å²) < 4.78 is 11.7. The zero-order valence-corrected chi connectivity index (χ0v) is 31.5. The van der Waals surface area contributed by atoms with Crippen LogP contribution in [0.1, 0.15) is 55.2 Å². The molecule has 3 aliphatic heterocycles. The molecule has 0 radical (unpaired) electrons. The minimum Gasteiger partial charge on any atom is -0.455 e. The van der Waals surface area contributed by atoms with Gasteiger partial charge < -0.3 is 24.9 Å². The molecule has 4 aromatic rings. The largest absolute Gasteiger partial charge is 0.455 e. The number of hydrogen-bond acceptors (Lipinski definition) is 11. The molecule has 3 aromatic carbocycles. The van der Waals surface area contributed by atoms with E-state index in [1.807, 2.05) is 54.6 Å². The molecule has 4 heterocycles. The molecule has 13 heteroatoms. The lowest BCUT2D eigenvalue weighted by atomic mass is 9.77. The van der Waals surface area contributed by atoms with Crippen molar-refractivity contribution < 1.29 is 28.7 Å². The zero-order chi connectivity index (χ0) is 37.2. The molecule has 274 valence electrons. The average molecular weight is 752 g/mol. The Morgan fingerprint density at radius 3 is 2.08 bits per heavy atom. The topological polar surface area (TPSA) is 131 Å². The number of carbonyl (C=O) groups is 3. The van der Waals surface area contributed by atoms with Crippen LogP contribution >= 0.6 is 23.1 Å². The van der Waals surface area contributed by atoms with Crippen molar-refractivity contribution in [3.8, 4) is 0 Å². The monoisotopic (exact) mass is 751 g/mol. The quantitative estimate of drug-likeness (QED) is 0.0617. The van der Waals surface area contributed by atoms with Crippen LogP contribution in [0.15, 0.2) is 114 Å². The first-order chi connectivity index (χ1) is 25.6. The molecule has 0 unspecified atom stereocenters. The summed E-state index contributed by atoms with van der Waals surface area (Å²) in [5.41, 5.74) is 2.34. The molecule has 1 aromatic heterocycles. The number of fused-ring (bicyclic) bond motifs is 1. The van der Waals surface area contributed by atoms with E-state index in [1.54, 1.807) is 27.0 Å². The summed E-state index contributed by atoms with van der Waals surface area (Å²) in [4.78, 5) is 52.9. The Balaban J connectivity index is 1.15. The number of oxime groups is 1. The molecule has 3 aliphatic rings. The molecular weight excluding hydrogens is 711 g/mol. The minimum absolute atomic E-state index is 0.0298. The van der Waals surface area contributed by atoms with E-state index in [9.17, 15) is 14.4 Å². The second-order valence-corrected chi connectivity index (χ2v) is 16.0. The number of amides is 2. The van der Waals surface area contributed by atoms with Gasteiger partial charge in [-0.25, -0.2) is 9.78 Å². The number of hydrogen-bond donors (Lipinski definition) is 2. The molecule has 11 nitrogen and oxygen atoms in total. The van der Waals surface area contributed by atoms with Crippen molar-refractivity contribution in [2.75, 3.05) is 24.8 Å². The van der Waals surface area contributed by atoms with Crippen molar-refractivity contribution >= 4 is 51.7 Å². The van der Waals surface area contributed by atoms with Crippen LogP contribution in [-0.2, 0) is 34.2 Å². The molecule has 3 atom stereocenters.